The van der Waals surface area contributed by atoms with Crippen LogP contribution in [0, 0.1) is 0 Å². The maximum absolute atomic E-state index is 12.0. The molecule has 0 aromatic rings. The average Bonchev–Trinajstić information content (AvgIpc) is 2.45. The second kappa shape index (κ2) is 8.70. The van der Waals surface area contributed by atoms with Gasteiger partial charge in [-0.1, -0.05) is 20.8 Å². The molecule has 0 aromatic carbocycles. The van der Waals surface area contributed by atoms with Gasteiger partial charge in [-0.2, -0.15) is 0 Å². The van der Waals surface area contributed by atoms with Crippen molar-refractivity contribution in [2.45, 2.75) is 46.1 Å². The summed E-state index contributed by atoms with van der Waals surface area (Å²) in [6.45, 7) is 9.10. The van der Waals surface area contributed by atoms with Crippen molar-refractivity contribution in [3.8, 4) is 0 Å². The van der Waals surface area contributed by atoms with Crippen LogP contribution < -0.4 is 5.32 Å². The van der Waals surface area contributed by atoms with Crippen LogP contribution in [0.15, 0.2) is 0 Å². The van der Waals surface area contributed by atoms with Gasteiger partial charge in [0.2, 0.25) is 15.9 Å². The quantitative estimate of drug-likeness (QED) is 0.713. The molecule has 0 radical (unpaired) electrons. The first-order valence-electron chi connectivity index (χ1n) is 7.92. The molecule has 0 atom stereocenters. The molecule has 21 heavy (non-hydrogen) atoms. The Morgan fingerprint density at radius 1 is 1.19 bits per heavy atom. The highest BCUT2D eigenvalue weighted by atomic mass is 32.2. The lowest BCUT2D eigenvalue weighted by Gasteiger charge is -2.32. The van der Waals surface area contributed by atoms with Crippen LogP contribution in [-0.2, 0) is 14.8 Å². The zero-order valence-electron chi connectivity index (χ0n) is 13.5. The highest BCUT2D eigenvalue weighted by Crippen LogP contribution is 2.15. The lowest BCUT2D eigenvalue weighted by atomic mass is 10.1. The fourth-order valence-corrected chi connectivity index (χ4v) is 4.13. The van der Waals surface area contributed by atoms with E-state index >= 15 is 0 Å². The van der Waals surface area contributed by atoms with Crippen molar-refractivity contribution in [2.75, 3.05) is 38.5 Å². The van der Waals surface area contributed by atoms with Crippen LogP contribution in [0.2, 0.25) is 0 Å². The predicted molar refractivity (Wildman–Crippen MR) is 84.6 cm³/mol. The highest BCUT2D eigenvalue weighted by molar-refractivity contribution is 7.89. The largest absolute Gasteiger partial charge is 0.352 e. The monoisotopic (exact) mass is 319 g/mol. The third-order valence-corrected chi connectivity index (χ3v) is 6.01. The number of nitrogens with one attached hydrogen (secondary N) is 1. The highest BCUT2D eigenvalue weighted by Gasteiger charge is 2.27. The Morgan fingerprint density at radius 2 is 1.76 bits per heavy atom. The zero-order valence-corrected chi connectivity index (χ0v) is 14.3. The van der Waals surface area contributed by atoms with Gasteiger partial charge in [0.15, 0.2) is 0 Å². The van der Waals surface area contributed by atoms with E-state index in [1.807, 2.05) is 20.8 Å². The molecule has 1 aliphatic heterocycles. The van der Waals surface area contributed by atoms with E-state index in [2.05, 4.69) is 10.2 Å². The van der Waals surface area contributed by atoms with Crippen molar-refractivity contribution in [1.29, 1.82) is 0 Å². The number of nitrogens with zero attached hydrogens (tertiary/aromatic N) is 2. The van der Waals surface area contributed by atoms with Crippen LogP contribution in [0.4, 0.5) is 0 Å². The van der Waals surface area contributed by atoms with Crippen LogP contribution in [-0.4, -0.2) is 68.0 Å². The van der Waals surface area contributed by atoms with Gasteiger partial charge in [-0.3, -0.25) is 9.69 Å². The van der Waals surface area contributed by atoms with E-state index in [9.17, 15) is 13.2 Å². The zero-order chi connectivity index (χ0) is 15.9. The molecule has 1 aliphatic rings. The summed E-state index contributed by atoms with van der Waals surface area (Å²) in [6.07, 6.45) is 2.04. The van der Waals surface area contributed by atoms with E-state index in [1.165, 1.54) is 0 Å². The van der Waals surface area contributed by atoms with Gasteiger partial charge in [0.1, 0.15) is 0 Å². The molecule has 1 N–H and O–H groups in total. The van der Waals surface area contributed by atoms with Gasteiger partial charge >= 0.3 is 0 Å². The minimum atomic E-state index is -3.10. The molecule has 1 amide bonds. The third-order valence-electron chi connectivity index (χ3n) is 3.94. The molecule has 6 nitrogen and oxygen atoms in total. The van der Waals surface area contributed by atoms with Gasteiger partial charge in [0.25, 0.3) is 0 Å². The minimum Gasteiger partial charge on any atom is -0.352 e. The molecule has 0 bridgehead atoms. The standard InChI is InChI=1S/C14H29N3O3S/c1-4-11-21(19,20)17-9-7-13(8-10-17)15-14(18)12-16(5-2)6-3/h13H,4-12H2,1-3H3,(H,15,18). The molecular weight excluding hydrogens is 290 g/mol. The normalized spacial score (nSPS) is 18.1. The van der Waals surface area contributed by atoms with Gasteiger partial charge in [0, 0.05) is 19.1 Å². The van der Waals surface area contributed by atoms with E-state index < -0.39 is 10.0 Å². The van der Waals surface area contributed by atoms with E-state index in [4.69, 9.17) is 0 Å². The summed E-state index contributed by atoms with van der Waals surface area (Å²) < 4.78 is 25.5. The summed E-state index contributed by atoms with van der Waals surface area (Å²) in [5.41, 5.74) is 0. The Balaban J connectivity index is 2.38. The van der Waals surface area contributed by atoms with Crippen LogP contribution in [0.3, 0.4) is 0 Å². The Hall–Kier alpha value is -0.660. The van der Waals surface area contributed by atoms with Crippen molar-refractivity contribution >= 4 is 15.9 Å². The first-order chi connectivity index (χ1) is 9.92. The second-order valence-electron chi connectivity index (χ2n) is 5.52. The summed E-state index contributed by atoms with van der Waals surface area (Å²) in [5, 5.41) is 3.02. The summed E-state index contributed by atoms with van der Waals surface area (Å²) in [5.74, 6) is 0.250. The number of sulfonamides is 1. The number of hydrogen-bond acceptors (Lipinski definition) is 4. The number of piperidine rings is 1. The van der Waals surface area contributed by atoms with Gasteiger partial charge < -0.3 is 5.32 Å². The fraction of sp³-hybridized carbons (Fsp3) is 0.929. The second-order valence-corrected chi connectivity index (χ2v) is 7.61. The Bertz CT molecular complexity index is 413. The summed E-state index contributed by atoms with van der Waals surface area (Å²) in [6, 6.07) is 0.0983. The smallest absolute Gasteiger partial charge is 0.234 e. The number of carbonyl (C=O) groups excluding carboxylic acids is 1. The summed E-state index contributed by atoms with van der Waals surface area (Å²) >= 11 is 0. The Morgan fingerprint density at radius 3 is 2.24 bits per heavy atom. The third kappa shape index (κ3) is 5.92. The molecule has 0 spiro atoms. The number of hydrogen-bond donors (Lipinski definition) is 1. The number of likely N-dealkylation sites (N-methyl/N-ethyl adjacent to an activating group) is 1. The SMILES string of the molecule is CCCS(=O)(=O)N1CCC(NC(=O)CN(CC)CC)CC1. The van der Waals surface area contributed by atoms with Crippen LogP contribution in [0.5, 0.6) is 0 Å². The van der Waals surface area contributed by atoms with Crippen LogP contribution in [0.1, 0.15) is 40.0 Å². The number of carbonyl (C=O) groups is 1. The van der Waals surface area contributed by atoms with Crippen molar-refractivity contribution in [2.24, 2.45) is 0 Å². The molecule has 0 aromatic heterocycles. The van der Waals surface area contributed by atoms with Crippen LogP contribution in [0.25, 0.3) is 0 Å². The topological polar surface area (TPSA) is 69.7 Å². The molecule has 1 heterocycles. The van der Waals surface area contributed by atoms with Crippen molar-refractivity contribution in [3.05, 3.63) is 0 Å². The lowest BCUT2D eigenvalue weighted by Crippen LogP contribution is -2.49. The lowest BCUT2D eigenvalue weighted by molar-refractivity contribution is -0.123. The van der Waals surface area contributed by atoms with Gasteiger partial charge in [-0.25, -0.2) is 12.7 Å². The maximum atomic E-state index is 12.0. The predicted octanol–water partition coefficient (Wildman–Crippen LogP) is 0.649. The van der Waals surface area contributed by atoms with E-state index in [1.54, 1.807) is 4.31 Å². The van der Waals surface area contributed by atoms with Gasteiger partial charge in [0.05, 0.1) is 12.3 Å². The van der Waals surface area contributed by atoms with E-state index in [0.717, 1.165) is 13.1 Å². The molecule has 1 rings (SSSR count). The molecule has 124 valence electrons. The van der Waals surface area contributed by atoms with E-state index in [0.29, 0.717) is 38.9 Å². The van der Waals surface area contributed by atoms with Gasteiger partial charge in [-0.05, 0) is 32.4 Å². The number of amides is 1. The first-order valence-corrected chi connectivity index (χ1v) is 9.53. The molecule has 1 saturated heterocycles. The Kier molecular flexibility index (Phi) is 7.62. The molecular formula is C14H29N3O3S. The summed E-state index contributed by atoms with van der Waals surface area (Å²) in [4.78, 5) is 14.0. The first kappa shape index (κ1) is 18.4. The van der Waals surface area contributed by atoms with Gasteiger partial charge in [-0.15, -0.1) is 0 Å². The van der Waals surface area contributed by atoms with Crippen molar-refractivity contribution in [3.63, 3.8) is 0 Å². The molecule has 0 unspecified atom stereocenters. The van der Waals surface area contributed by atoms with Crippen LogP contribution >= 0.6 is 0 Å². The van der Waals surface area contributed by atoms with Crippen molar-refractivity contribution in [1.82, 2.24) is 14.5 Å². The minimum absolute atomic E-state index is 0.0357. The fourth-order valence-electron chi connectivity index (χ4n) is 2.59. The molecule has 1 fully saturated rings. The average molecular weight is 319 g/mol. The van der Waals surface area contributed by atoms with E-state index in [-0.39, 0.29) is 17.7 Å². The Labute approximate surface area is 128 Å². The summed E-state index contributed by atoms with van der Waals surface area (Å²) in [7, 11) is -3.10. The molecule has 0 aliphatic carbocycles. The molecule has 0 saturated carbocycles. The number of rotatable bonds is 8. The molecule has 7 heteroatoms. The van der Waals surface area contributed by atoms with Crippen molar-refractivity contribution < 1.29 is 13.2 Å². The maximum Gasteiger partial charge on any atom is 0.234 e.